The first kappa shape index (κ1) is 8.97. The molecule has 1 N–H and O–H groups in total. The third kappa shape index (κ3) is 2.43. The van der Waals surface area contributed by atoms with Gasteiger partial charge in [0.1, 0.15) is 0 Å². The van der Waals surface area contributed by atoms with Crippen LogP contribution in [0.3, 0.4) is 0 Å². The highest BCUT2D eigenvalue weighted by Gasteiger charge is 2.24. The second-order valence-corrected chi connectivity index (χ2v) is 2.75. The summed E-state index contributed by atoms with van der Waals surface area (Å²) in [6, 6.07) is 0.476. The number of likely N-dealkylation sites (N-methyl/N-ethyl adjacent to an activating group) is 1. The van der Waals surface area contributed by atoms with Crippen molar-refractivity contribution >= 4 is 0 Å². The van der Waals surface area contributed by atoms with E-state index in [0.29, 0.717) is 6.04 Å². The van der Waals surface area contributed by atoms with Gasteiger partial charge in [-0.05, 0) is 20.4 Å². The lowest BCUT2D eigenvalue weighted by Crippen LogP contribution is -2.46. The second kappa shape index (κ2) is 4.70. The van der Waals surface area contributed by atoms with Crippen LogP contribution in [-0.2, 0) is 9.47 Å². The van der Waals surface area contributed by atoms with Gasteiger partial charge in [-0.25, -0.2) is 0 Å². The summed E-state index contributed by atoms with van der Waals surface area (Å²) in [4.78, 5) is 0. The molecule has 0 radical (unpaired) electrons. The Bertz CT molecular complexity index is 106. The summed E-state index contributed by atoms with van der Waals surface area (Å²) in [6.45, 7) is 4.38. The molecule has 3 heteroatoms. The lowest BCUT2D eigenvalue weighted by molar-refractivity contribution is -0.0636. The van der Waals surface area contributed by atoms with E-state index in [2.05, 4.69) is 5.32 Å². The lowest BCUT2D eigenvalue weighted by Gasteiger charge is -2.30. The Morgan fingerprint density at radius 2 is 2.45 bits per heavy atom. The molecule has 1 fully saturated rings. The van der Waals surface area contributed by atoms with E-state index in [-0.39, 0.29) is 6.10 Å². The molecule has 0 aliphatic carbocycles. The minimum atomic E-state index is 0.249. The molecule has 1 aliphatic rings. The van der Waals surface area contributed by atoms with Gasteiger partial charge in [-0.1, -0.05) is 0 Å². The van der Waals surface area contributed by atoms with Crippen molar-refractivity contribution in [2.75, 3.05) is 26.9 Å². The van der Waals surface area contributed by atoms with Gasteiger partial charge < -0.3 is 14.8 Å². The molecule has 0 bridgehead atoms. The first-order valence-corrected chi connectivity index (χ1v) is 4.25. The van der Waals surface area contributed by atoms with Crippen LogP contribution in [0.4, 0.5) is 0 Å². The smallest absolute Gasteiger partial charge is 0.0961 e. The average molecular weight is 159 g/mol. The molecule has 2 unspecified atom stereocenters. The minimum Gasteiger partial charge on any atom is -0.379 e. The van der Waals surface area contributed by atoms with Gasteiger partial charge in [0, 0.05) is 19.3 Å². The van der Waals surface area contributed by atoms with Crippen LogP contribution in [-0.4, -0.2) is 39.0 Å². The molecule has 0 saturated carbocycles. The summed E-state index contributed by atoms with van der Waals surface area (Å²) in [5.74, 6) is 0. The van der Waals surface area contributed by atoms with Crippen molar-refractivity contribution in [2.45, 2.75) is 25.5 Å². The van der Waals surface area contributed by atoms with Gasteiger partial charge in [0.25, 0.3) is 0 Å². The van der Waals surface area contributed by atoms with E-state index in [0.717, 1.165) is 26.2 Å². The fourth-order valence-electron chi connectivity index (χ4n) is 1.42. The van der Waals surface area contributed by atoms with Crippen LogP contribution in [0.5, 0.6) is 0 Å². The third-order valence-electron chi connectivity index (χ3n) is 2.06. The highest BCUT2D eigenvalue weighted by molar-refractivity contribution is 4.78. The van der Waals surface area contributed by atoms with Crippen molar-refractivity contribution in [2.24, 2.45) is 0 Å². The molecule has 66 valence electrons. The molecule has 11 heavy (non-hydrogen) atoms. The fraction of sp³-hybridized carbons (Fsp3) is 1.00. The summed E-state index contributed by atoms with van der Waals surface area (Å²) < 4.78 is 10.8. The van der Waals surface area contributed by atoms with Gasteiger partial charge in [-0.3, -0.25) is 0 Å². The maximum Gasteiger partial charge on any atom is 0.0961 e. The van der Waals surface area contributed by atoms with Crippen molar-refractivity contribution in [1.82, 2.24) is 5.32 Å². The van der Waals surface area contributed by atoms with Gasteiger partial charge in [-0.2, -0.15) is 0 Å². The van der Waals surface area contributed by atoms with E-state index in [9.17, 15) is 0 Å². The van der Waals surface area contributed by atoms with E-state index in [1.54, 1.807) is 0 Å². The monoisotopic (exact) mass is 159 g/mol. The van der Waals surface area contributed by atoms with Crippen molar-refractivity contribution in [3.8, 4) is 0 Å². The van der Waals surface area contributed by atoms with E-state index in [1.807, 2.05) is 14.0 Å². The third-order valence-corrected chi connectivity index (χ3v) is 2.06. The lowest BCUT2D eigenvalue weighted by atomic mass is 10.1. The summed E-state index contributed by atoms with van der Waals surface area (Å²) in [5.41, 5.74) is 0. The molecule has 0 spiro atoms. The first-order chi connectivity index (χ1) is 5.38. The van der Waals surface area contributed by atoms with Gasteiger partial charge in [0.05, 0.1) is 12.7 Å². The Labute approximate surface area is 68.1 Å². The predicted octanol–water partition coefficient (Wildman–Crippen LogP) is 0.400. The topological polar surface area (TPSA) is 30.5 Å². The van der Waals surface area contributed by atoms with Crippen LogP contribution in [0.25, 0.3) is 0 Å². The Balaban J connectivity index is 2.31. The highest BCUT2D eigenvalue weighted by atomic mass is 16.5. The number of hydrogen-bond donors (Lipinski definition) is 1. The van der Waals surface area contributed by atoms with Gasteiger partial charge in [0.15, 0.2) is 0 Å². The Morgan fingerprint density at radius 3 is 3.09 bits per heavy atom. The maximum atomic E-state index is 5.50. The summed E-state index contributed by atoms with van der Waals surface area (Å²) in [6.07, 6.45) is 1.31. The van der Waals surface area contributed by atoms with E-state index in [1.165, 1.54) is 0 Å². The summed E-state index contributed by atoms with van der Waals surface area (Å²) >= 11 is 0. The molecule has 3 nitrogen and oxygen atoms in total. The normalized spacial score (nSPS) is 32.2. The van der Waals surface area contributed by atoms with Crippen molar-refractivity contribution in [3.05, 3.63) is 0 Å². The number of hydrogen-bond acceptors (Lipinski definition) is 3. The number of rotatable bonds is 3. The van der Waals surface area contributed by atoms with Crippen LogP contribution in [0.2, 0.25) is 0 Å². The molecule has 0 amide bonds. The second-order valence-electron chi connectivity index (χ2n) is 2.75. The van der Waals surface area contributed by atoms with Crippen molar-refractivity contribution < 1.29 is 9.47 Å². The van der Waals surface area contributed by atoms with E-state index < -0.39 is 0 Å². The zero-order valence-corrected chi connectivity index (χ0v) is 7.30. The molecule has 1 heterocycles. The SMILES string of the molecule is CCOC1COCCC1NC. The molecule has 0 aromatic carbocycles. The fourth-order valence-corrected chi connectivity index (χ4v) is 1.42. The zero-order chi connectivity index (χ0) is 8.10. The van der Waals surface area contributed by atoms with E-state index in [4.69, 9.17) is 9.47 Å². The summed E-state index contributed by atoms with van der Waals surface area (Å²) in [7, 11) is 1.97. The quantitative estimate of drug-likeness (QED) is 0.646. The van der Waals surface area contributed by atoms with Gasteiger partial charge in [-0.15, -0.1) is 0 Å². The molecular formula is C8H17NO2. The van der Waals surface area contributed by atoms with Crippen LogP contribution < -0.4 is 5.32 Å². The largest absolute Gasteiger partial charge is 0.379 e. The molecule has 1 rings (SSSR count). The molecule has 0 aromatic rings. The molecular weight excluding hydrogens is 142 g/mol. The van der Waals surface area contributed by atoms with Crippen LogP contribution in [0.15, 0.2) is 0 Å². The van der Waals surface area contributed by atoms with Crippen molar-refractivity contribution in [1.29, 1.82) is 0 Å². The van der Waals surface area contributed by atoms with Crippen LogP contribution in [0, 0.1) is 0 Å². The molecule has 2 atom stereocenters. The molecule has 1 saturated heterocycles. The Kier molecular flexibility index (Phi) is 3.83. The number of ether oxygens (including phenoxy) is 2. The molecule has 1 aliphatic heterocycles. The average Bonchev–Trinajstić information content (AvgIpc) is 2.06. The Morgan fingerprint density at radius 1 is 1.64 bits per heavy atom. The minimum absolute atomic E-state index is 0.249. The number of nitrogens with one attached hydrogen (secondary N) is 1. The van der Waals surface area contributed by atoms with Crippen molar-refractivity contribution in [3.63, 3.8) is 0 Å². The highest BCUT2D eigenvalue weighted by Crippen LogP contribution is 2.10. The van der Waals surface area contributed by atoms with Crippen LogP contribution in [0.1, 0.15) is 13.3 Å². The Hall–Kier alpha value is -0.120. The standard InChI is InChI=1S/C8H17NO2/c1-3-11-8-6-10-5-4-7(8)9-2/h7-9H,3-6H2,1-2H3. The molecule has 0 aromatic heterocycles. The first-order valence-electron chi connectivity index (χ1n) is 4.25. The zero-order valence-electron chi connectivity index (χ0n) is 7.30. The van der Waals surface area contributed by atoms with Crippen LogP contribution >= 0.6 is 0 Å². The predicted molar refractivity (Wildman–Crippen MR) is 43.7 cm³/mol. The maximum absolute atomic E-state index is 5.50. The van der Waals surface area contributed by atoms with E-state index >= 15 is 0 Å². The van der Waals surface area contributed by atoms with Gasteiger partial charge in [0.2, 0.25) is 0 Å². The van der Waals surface area contributed by atoms with Gasteiger partial charge >= 0.3 is 0 Å². The summed E-state index contributed by atoms with van der Waals surface area (Å²) in [5, 5.41) is 3.23.